The molecule has 0 N–H and O–H groups in total. The van der Waals surface area contributed by atoms with E-state index in [2.05, 4.69) is 35.8 Å². The Balaban J connectivity index is 2.51. The number of hydrogen-bond acceptors (Lipinski definition) is 1. The van der Waals surface area contributed by atoms with Crippen molar-refractivity contribution in [2.45, 2.75) is 13.6 Å². The molecule has 0 amide bonds. The van der Waals surface area contributed by atoms with Crippen molar-refractivity contribution in [1.82, 2.24) is 4.90 Å². The van der Waals surface area contributed by atoms with Crippen LogP contribution in [0.15, 0.2) is 30.6 Å². The molecule has 0 aliphatic carbocycles. The van der Waals surface area contributed by atoms with Crippen molar-refractivity contribution >= 4 is 0 Å². The van der Waals surface area contributed by atoms with Crippen LogP contribution >= 0.6 is 0 Å². The number of rotatable bonds is 3. The highest BCUT2D eigenvalue weighted by Crippen LogP contribution is 1.81. The lowest BCUT2D eigenvalue weighted by molar-refractivity contribution is -0.714. The summed E-state index contributed by atoms with van der Waals surface area (Å²) >= 11 is 0. The SMILES string of the molecule is CCN(C)C[n+]1ccccc1. The number of aromatic nitrogens is 1. The highest BCUT2D eigenvalue weighted by atomic mass is 15.2. The first-order valence-electron chi connectivity index (χ1n) is 3.95. The Morgan fingerprint density at radius 3 is 2.36 bits per heavy atom. The summed E-state index contributed by atoms with van der Waals surface area (Å²) in [5.41, 5.74) is 0. The fraction of sp³-hybridized carbons (Fsp3) is 0.444. The first-order valence-corrected chi connectivity index (χ1v) is 3.95. The van der Waals surface area contributed by atoms with Gasteiger partial charge in [-0.15, -0.1) is 0 Å². The summed E-state index contributed by atoms with van der Waals surface area (Å²) in [4.78, 5) is 2.25. The first kappa shape index (κ1) is 8.21. The van der Waals surface area contributed by atoms with Crippen LogP contribution in [0.3, 0.4) is 0 Å². The van der Waals surface area contributed by atoms with Gasteiger partial charge >= 0.3 is 0 Å². The van der Waals surface area contributed by atoms with E-state index in [1.807, 2.05) is 18.2 Å². The summed E-state index contributed by atoms with van der Waals surface area (Å²) in [5.74, 6) is 0. The number of nitrogens with zero attached hydrogens (tertiary/aromatic N) is 2. The third-order valence-corrected chi connectivity index (χ3v) is 1.72. The summed E-state index contributed by atoms with van der Waals surface area (Å²) in [6.07, 6.45) is 4.15. The minimum absolute atomic E-state index is 0.970. The Morgan fingerprint density at radius 1 is 1.18 bits per heavy atom. The lowest BCUT2D eigenvalue weighted by atomic mass is 10.5. The fourth-order valence-corrected chi connectivity index (χ4v) is 0.907. The minimum Gasteiger partial charge on any atom is -0.251 e. The molecule has 0 saturated heterocycles. The molecule has 1 aromatic rings. The Labute approximate surface area is 68.1 Å². The van der Waals surface area contributed by atoms with Gasteiger partial charge in [-0.3, -0.25) is 4.90 Å². The monoisotopic (exact) mass is 151 g/mol. The molecule has 11 heavy (non-hydrogen) atoms. The van der Waals surface area contributed by atoms with Gasteiger partial charge in [-0.05, 0) is 7.05 Å². The predicted molar refractivity (Wildman–Crippen MR) is 44.9 cm³/mol. The molecule has 0 saturated carbocycles. The molecule has 0 aromatic carbocycles. The zero-order valence-corrected chi connectivity index (χ0v) is 7.20. The summed E-state index contributed by atoms with van der Waals surface area (Å²) < 4.78 is 2.16. The molecule has 1 rings (SSSR count). The minimum atomic E-state index is 0.970. The molecular weight excluding hydrogens is 136 g/mol. The molecule has 1 aromatic heterocycles. The third-order valence-electron chi connectivity index (χ3n) is 1.72. The maximum absolute atomic E-state index is 2.25. The van der Waals surface area contributed by atoms with Gasteiger partial charge in [0.05, 0.1) is 0 Å². The van der Waals surface area contributed by atoms with E-state index in [-0.39, 0.29) is 0 Å². The van der Waals surface area contributed by atoms with E-state index < -0.39 is 0 Å². The highest BCUT2D eigenvalue weighted by molar-refractivity contribution is 4.83. The number of pyridine rings is 1. The summed E-state index contributed by atoms with van der Waals surface area (Å²) in [6.45, 7) is 4.21. The molecular formula is C9H15N2+. The molecule has 2 heteroatoms. The zero-order valence-electron chi connectivity index (χ0n) is 7.20. The van der Waals surface area contributed by atoms with Crippen molar-refractivity contribution in [3.05, 3.63) is 30.6 Å². The summed E-state index contributed by atoms with van der Waals surface area (Å²) in [6, 6.07) is 6.12. The lowest BCUT2D eigenvalue weighted by Gasteiger charge is -2.08. The summed E-state index contributed by atoms with van der Waals surface area (Å²) in [7, 11) is 2.11. The Bertz CT molecular complexity index is 196. The highest BCUT2D eigenvalue weighted by Gasteiger charge is 2.00. The van der Waals surface area contributed by atoms with Gasteiger partial charge in [-0.25, -0.2) is 0 Å². The number of hydrogen-bond donors (Lipinski definition) is 0. The van der Waals surface area contributed by atoms with E-state index in [0.717, 1.165) is 13.2 Å². The van der Waals surface area contributed by atoms with Crippen molar-refractivity contribution in [3.63, 3.8) is 0 Å². The maximum Gasteiger partial charge on any atom is 0.204 e. The van der Waals surface area contributed by atoms with Gasteiger partial charge in [-0.1, -0.05) is 13.0 Å². The van der Waals surface area contributed by atoms with Gasteiger partial charge in [-0.2, -0.15) is 4.57 Å². The van der Waals surface area contributed by atoms with E-state index in [4.69, 9.17) is 0 Å². The van der Waals surface area contributed by atoms with Gasteiger partial charge in [0.15, 0.2) is 12.4 Å². The average molecular weight is 151 g/mol. The molecule has 0 atom stereocenters. The van der Waals surface area contributed by atoms with Crippen LogP contribution in [0.5, 0.6) is 0 Å². The molecule has 0 unspecified atom stereocenters. The second-order valence-corrected chi connectivity index (χ2v) is 2.70. The molecule has 60 valence electrons. The van der Waals surface area contributed by atoms with Crippen molar-refractivity contribution in [3.8, 4) is 0 Å². The van der Waals surface area contributed by atoms with Crippen molar-refractivity contribution in [2.75, 3.05) is 13.6 Å². The zero-order chi connectivity index (χ0) is 8.10. The van der Waals surface area contributed by atoms with Crippen LogP contribution < -0.4 is 4.57 Å². The van der Waals surface area contributed by atoms with E-state index in [1.54, 1.807) is 0 Å². The molecule has 0 bridgehead atoms. The standard InChI is InChI=1S/C9H15N2/c1-3-10(2)9-11-7-5-4-6-8-11/h4-8H,3,9H2,1-2H3/q+1. The maximum atomic E-state index is 2.25. The lowest BCUT2D eigenvalue weighted by Crippen LogP contribution is -2.41. The van der Waals surface area contributed by atoms with Crippen LogP contribution in [0.1, 0.15) is 6.92 Å². The molecule has 1 heterocycles. The molecule has 0 fully saturated rings. The molecule has 2 nitrogen and oxygen atoms in total. The van der Waals surface area contributed by atoms with Crippen LogP contribution in [0.4, 0.5) is 0 Å². The quantitative estimate of drug-likeness (QED) is 0.582. The van der Waals surface area contributed by atoms with Crippen LogP contribution in [-0.4, -0.2) is 18.5 Å². The van der Waals surface area contributed by atoms with Gasteiger partial charge < -0.3 is 0 Å². The van der Waals surface area contributed by atoms with Crippen molar-refractivity contribution in [1.29, 1.82) is 0 Å². The first-order chi connectivity index (χ1) is 5.33. The Hall–Kier alpha value is -0.890. The normalized spacial score (nSPS) is 10.5. The van der Waals surface area contributed by atoms with Crippen LogP contribution in [-0.2, 0) is 6.67 Å². The molecule has 0 aliphatic rings. The van der Waals surface area contributed by atoms with Gasteiger partial charge in [0.1, 0.15) is 0 Å². The average Bonchev–Trinajstić information content (AvgIpc) is 2.06. The second kappa shape index (κ2) is 4.09. The van der Waals surface area contributed by atoms with Crippen LogP contribution in [0.2, 0.25) is 0 Å². The van der Waals surface area contributed by atoms with E-state index in [9.17, 15) is 0 Å². The van der Waals surface area contributed by atoms with Crippen LogP contribution in [0.25, 0.3) is 0 Å². The van der Waals surface area contributed by atoms with E-state index >= 15 is 0 Å². The Kier molecular flexibility index (Phi) is 3.05. The summed E-state index contributed by atoms with van der Waals surface area (Å²) in [5, 5.41) is 0. The molecule has 0 aliphatic heterocycles. The van der Waals surface area contributed by atoms with Gasteiger partial charge in [0.2, 0.25) is 6.67 Å². The van der Waals surface area contributed by atoms with Gasteiger partial charge in [0, 0.05) is 18.7 Å². The molecule has 0 radical (unpaired) electrons. The largest absolute Gasteiger partial charge is 0.251 e. The Morgan fingerprint density at radius 2 is 1.82 bits per heavy atom. The van der Waals surface area contributed by atoms with Crippen molar-refractivity contribution < 1.29 is 4.57 Å². The van der Waals surface area contributed by atoms with Crippen LogP contribution in [0, 0.1) is 0 Å². The smallest absolute Gasteiger partial charge is 0.204 e. The third kappa shape index (κ3) is 2.68. The van der Waals surface area contributed by atoms with E-state index in [1.165, 1.54) is 0 Å². The predicted octanol–water partition coefficient (Wildman–Crippen LogP) is 0.883. The van der Waals surface area contributed by atoms with Gasteiger partial charge in [0.25, 0.3) is 0 Å². The molecule has 0 spiro atoms. The second-order valence-electron chi connectivity index (χ2n) is 2.70. The van der Waals surface area contributed by atoms with Crippen molar-refractivity contribution in [2.24, 2.45) is 0 Å². The topological polar surface area (TPSA) is 7.12 Å². The fourth-order valence-electron chi connectivity index (χ4n) is 0.907. The van der Waals surface area contributed by atoms with E-state index in [0.29, 0.717) is 0 Å².